The summed E-state index contributed by atoms with van der Waals surface area (Å²) < 4.78 is 12.5. The van der Waals surface area contributed by atoms with Gasteiger partial charge in [-0.05, 0) is 72.9 Å². The summed E-state index contributed by atoms with van der Waals surface area (Å²) in [5.74, 6) is 0.569. The van der Waals surface area contributed by atoms with Crippen LogP contribution in [-0.2, 0) is 9.53 Å². The maximum atomic E-state index is 11.9. The van der Waals surface area contributed by atoms with Crippen LogP contribution in [0.2, 0.25) is 0 Å². The summed E-state index contributed by atoms with van der Waals surface area (Å²) in [6, 6.07) is 25.2. The zero-order valence-electron chi connectivity index (χ0n) is 20.5. The van der Waals surface area contributed by atoms with Gasteiger partial charge < -0.3 is 29.6 Å². The fourth-order valence-electron chi connectivity index (χ4n) is 4.60. The number of anilines is 2. The number of hydrogen-bond donors (Lipinski definition) is 2. The Morgan fingerprint density at radius 2 is 1.86 bits per heavy atom. The van der Waals surface area contributed by atoms with Crippen molar-refractivity contribution < 1.29 is 14.3 Å². The number of pyridine rings is 1. The third kappa shape index (κ3) is 5.04. The zero-order chi connectivity index (χ0) is 25.8. The Morgan fingerprint density at radius 3 is 2.59 bits per heavy atom. The summed E-state index contributed by atoms with van der Waals surface area (Å²) in [5, 5.41) is 6.92. The van der Waals surface area contributed by atoms with Crippen LogP contribution in [0.25, 0.3) is 5.69 Å². The molecule has 2 aromatic carbocycles. The van der Waals surface area contributed by atoms with Crippen molar-refractivity contribution >= 4 is 34.6 Å². The normalized spacial score (nSPS) is 16.9. The van der Waals surface area contributed by atoms with Gasteiger partial charge in [0.1, 0.15) is 18.4 Å². The van der Waals surface area contributed by atoms with Gasteiger partial charge in [-0.25, -0.2) is 0 Å². The number of benzene rings is 2. The standard InChI is InChI=1S/C28H27N5O3S/c1-35-18-25(34)30-19-11-13-20(14-12-19)33-27(26(31-28(33)37)23-9-3-4-15-29-23)24-10-6-16-32(24)21-7-5-8-22(17-21)36-2/h3-17,26-27H,18H2,1-2H3,(H,30,34)(H,31,37)/t26-,27-/m0/s1. The number of rotatable bonds is 8. The molecule has 2 atom stereocenters. The lowest BCUT2D eigenvalue weighted by Gasteiger charge is -2.29. The molecule has 1 aliphatic heterocycles. The molecule has 2 N–H and O–H groups in total. The van der Waals surface area contributed by atoms with Crippen LogP contribution in [0.3, 0.4) is 0 Å². The van der Waals surface area contributed by atoms with Gasteiger partial charge in [0.2, 0.25) is 5.91 Å². The second kappa shape index (κ2) is 10.8. The van der Waals surface area contributed by atoms with Crippen LogP contribution in [0.15, 0.2) is 91.3 Å². The molecule has 1 amide bonds. The second-order valence-corrected chi connectivity index (χ2v) is 8.92. The van der Waals surface area contributed by atoms with Gasteiger partial charge in [-0.2, -0.15) is 0 Å². The second-order valence-electron chi connectivity index (χ2n) is 8.53. The first-order valence-electron chi connectivity index (χ1n) is 11.8. The molecule has 9 heteroatoms. The predicted molar refractivity (Wildman–Crippen MR) is 147 cm³/mol. The average molecular weight is 514 g/mol. The predicted octanol–water partition coefficient (Wildman–Crippen LogP) is 4.64. The van der Waals surface area contributed by atoms with Crippen molar-refractivity contribution in [2.75, 3.05) is 31.0 Å². The van der Waals surface area contributed by atoms with E-state index in [-0.39, 0.29) is 24.6 Å². The quantitative estimate of drug-likeness (QED) is 0.332. The molecule has 4 aromatic rings. The van der Waals surface area contributed by atoms with E-state index < -0.39 is 0 Å². The summed E-state index contributed by atoms with van der Waals surface area (Å²) in [4.78, 5) is 18.7. The van der Waals surface area contributed by atoms with E-state index >= 15 is 0 Å². The molecule has 1 fully saturated rings. The Hall–Kier alpha value is -4.21. The number of aromatic nitrogens is 2. The molecule has 0 saturated carbocycles. The molecule has 3 heterocycles. The number of methoxy groups -OCH3 is 2. The van der Waals surface area contributed by atoms with Gasteiger partial charge >= 0.3 is 0 Å². The van der Waals surface area contributed by atoms with E-state index in [4.69, 9.17) is 21.7 Å². The van der Waals surface area contributed by atoms with Crippen LogP contribution in [-0.4, -0.2) is 41.4 Å². The van der Waals surface area contributed by atoms with E-state index in [9.17, 15) is 4.79 Å². The molecule has 0 bridgehead atoms. The topological polar surface area (TPSA) is 80.7 Å². The van der Waals surface area contributed by atoms with Gasteiger partial charge in [0.05, 0.1) is 18.8 Å². The average Bonchev–Trinajstić information content (AvgIpc) is 3.54. The maximum Gasteiger partial charge on any atom is 0.250 e. The molecular formula is C28H27N5O3S. The number of carbonyl (C=O) groups is 1. The Labute approximate surface area is 220 Å². The van der Waals surface area contributed by atoms with Crippen molar-refractivity contribution in [2.24, 2.45) is 0 Å². The van der Waals surface area contributed by atoms with E-state index in [1.54, 1.807) is 13.3 Å². The van der Waals surface area contributed by atoms with Crippen LogP contribution in [0.1, 0.15) is 23.5 Å². The van der Waals surface area contributed by atoms with Crippen molar-refractivity contribution in [1.29, 1.82) is 0 Å². The van der Waals surface area contributed by atoms with Crippen LogP contribution >= 0.6 is 12.2 Å². The van der Waals surface area contributed by atoms with Crippen LogP contribution in [0, 0.1) is 0 Å². The van der Waals surface area contributed by atoms with Crippen molar-refractivity contribution in [2.45, 2.75) is 12.1 Å². The summed E-state index contributed by atoms with van der Waals surface area (Å²) in [5.41, 5.74) is 4.48. The first-order valence-corrected chi connectivity index (χ1v) is 12.2. The van der Waals surface area contributed by atoms with Crippen molar-refractivity contribution in [3.63, 3.8) is 0 Å². The molecule has 8 nitrogen and oxygen atoms in total. The number of thiocarbonyl (C=S) groups is 1. The Bertz CT molecular complexity index is 1390. The third-order valence-electron chi connectivity index (χ3n) is 6.22. The highest BCUT2D eigenvalue weighted by Gasteiger charge is 2.42. The van der Waals surface area contributed by atoms with Gasteiger partial charge in [-0.3, -0.25) is 9.78 Å². The van der Waals surface area contributed by atoms with Gasteiger partial charge in [-0.1, -0.05) is 12.1 Å². The Kier molecular flexibility index (Phi) is 7.16. The van der Waals surface area contributed by atoms with Crippen LogP contribution in [0.4, 0.5) is 11.4 Å². The molecule has 0 unspecified atom stereocenters. The van der Waals surface area contributed by atoms with Crippen LogP contribution < -0.4 is 20.3 Å². The molecule has 0 aliphatic carbocycles. The number of nitrogens with one attached hydrogen (secondary N) is 2. The van der Waals surface area contributed by atoms with E-state index in [0.29, 0.717) is 10.8 Å². The third-order valence-corrected chi connectivity index (χ3v) is 6.53. The number of ether oxygens (including phenoxy) is 2. The molecule has 0 spiro atoms. The molecule has 5 rings (SSSR count). The number of carbonyl (C=O) groups excluding carboxylic acids is 1. The fraction of sp³-hybridized carbons (Fsp3) is 0.179. The van der Waals surface area contributed by atoms with Gasteiger partial charge in [0, 0.05) is 48.3 Å². The van der Waals surface area contributed by atoms with Gasteiger partial charge in [0.25, 0.3) is 0 Å². The highest BCUT2D eigenvalue weighted by Crippen LogP contribution is 2.42. The van der Waals surface area contributed by atoms with Crippen LogP contribution in [0.5, 0.6) is 5.75 Å². The van der Waals surface area contributed by atoms with E-state index in [0.717, 1.165) is 28.5 Å². The highest BCUT2D eigenvalue weighted by molar-refractivity contribution is 7.80. The lowest BCUT2D eigenvalue weighted by molar-refractivity contribution is -0.119. The molecule has 37 heavy (non-hydrogen) atoms. The van der Waals surface area contributed by atoms with Gasteiger partial charge in [0.15, 0.2) is 5.11 Å². The van der Waals surface area contributed by atoms with E-state index in [1.165, 1.54) is 7.11 Å². The molecule has 0 radical (unpaired) electrons. The number of amides is 1. The summed E-state index contributed by atoms with van der Waals surface area (Å²) >= 11 is 5.86. The molecule has 2 aromatic heterocycles. The summed E-state index contributed by atoms with van der Waals surface area (Å²) in [6.07, 6.45) is 3.83. The summed E-state index contributed by atoms with van der Waals surface area (Å²) in [7, 11) is 3.15. The summed E-state index contributed by atoms with van der Waals surface area (Å²) in [6.45, 7) is -0.00300. The largest absolute Gasteiger partial charge is 0.497 e. The van der Waals surface area contributed by atoms with Gasteiger partial charge in [-0.15, -0.1) is 0 Å². The number of nitrogens with zero attached hydrogens (tertiary/aromatic N) is 3. The molecular weight excluding hydrogens is 486 g/mol. The first-order chi connectivity index (χ1) is 18.1. The first kappa shape index (κ1) is 24.5. The fourth-order valence-corrected chi connectivity index (χ4v) is 4.94. The van der Waals surface area contributed by atoms with E-state index in [1.807, 2.05) is 79.0 Å². The van der Waals surface area contributed by atoms with Crippen molar-refractivity contribution in [3.8, 4) is 11.4 Å². The minimum atomic E-state index is -0.210. The Balaban J connectivity index is 1.56. The van der Waals surface area contributed by atoms with E-state index in [2.05, 4.69) is 31.2 Å². The minimum Gasteiger partial charge on any atom is -0.497 e. The zero-order valence-corrected chi connectivity index (χ0v) is 21.3. The lowest BCUT2D eigenvalue weighted by atomic mass is 10.0. The SMILES string of the molecule is COCC(=O)Nc1ccc(N2C(=S)N[C@@H](c3ccccn3)[C@@H]2c2cccn2-c2cccc(OC)c2)cc1. The maximum absolute atomic E-state index is 11.9. The number of hydrogen-bond acceptors (Lipinski definition) is 5. The van der Waals surface area contributed by atoms with Crippen molar-refractivity contribution in [1.82, 2.24) is 14.9 Å². The monoisotopic (exact) mass is 513 g/mol. The lowest BCUT2D eigenvalue weighted by Crippen LogP contribution is -2.30. The molecule has 1 aliphatic rings. The highest BCUT2D eigenvalue weighted by atomic mass is 32.1. The molecule has 188 valence electrons. The minimum absolute atomic E-state index is 0.00300. The molecule has 1 saturated heterocycles. The van der Waals surface area contributed by atoms with Crippen molar-refractivity contribution in [3.05, 3.63) is 103 Å². The Morgan fingerprint density at radius 1 is 1.03 bits per heavy atom. The smallest absolute Gasteiger partial charge is 0.250 e.